The van der Waals surface area contributed by atoms with E-state index in [1.807, 2.05) is 35.7 Å². The Hall–Kier alpha value is -2.41. The normalized spacial score (nSPS) is 14.5. The number of aldehydes is 1. The van der Waals surface area contributed by atoms with Crippen molar-refractivity contribution in [1.82, 2.24) is 4.98 Å². The molecule has 0 saturated carbocycles. The Bertz CT molecular complexity index is 1060. The summed E-state index contributed by atoms with van der Waals surface area (Å²) in [5, 5.41) is 6.38. The number of rotatable bonds is 5. The predicted molar refractivity (Wildman–Crippen MR) is 123 cm³/mol. The molecule has 1 N–H and O–H groups in total. The van der Waals surface area contributed by atoms with Crippen LogP contribution < -0.4 is 10.2 Å². The van der Waals surface area contributed by atoms with Crippen molar-refractivity contribution in [2.75, 3.05) is 23.3 Å². The van der Waals surface area contributed by atoms with Crippen LogP contribution in [0.4, 0.5) is 10.8 Å². The summed E-state index contributed by atoms with van der Waals surface area (Å²) < 4.78 is 0. The maximum atomic E-state index is 12.7. The van der Waals surface area contributed by atoms with Gasteiger partial charge < -0.3 is 10.2 Å². The third kappa shape index (κ3) is 4.67. The molecular weight excluding hydrogens is 441 g/mol. The molecule has 0 aliphatic carbocycles. The van der Waals surface area contributed by atoms with Crippen molar-refractivity contribution in [2.45, 2.75) is 12.8 Å². The van der Waals surface area contributed by atoms with Gasteiger partial charge in [0, 0.05) is 41.2 Å². The smallest absolute Gasteiger partial charge is 0.229 e. The Morgan fingerprint density at radius 3 is 2.50 bits per heavy atom. The second kappa shape index (κ2) is 9.16. The van der Waals surface area contributed by atoms with Crippen molar-refractivity contribution in [3.05, 3.63) is 63.5 Å². The van der Waals surface area contributed by atoms with Gasteiger partial charge in [0.2, 0.25) is 5.91 Å². The predicted octanol–water partition coefficient (Wildman–Crippen LogP) is 5.78. The van der Waals surface area contributed by atoms with Gasteiger partial charge in [-0.15, -0.1) is 11.3 Å². The average molecular weight is 460 g/mol. The Morgan fingerprint density at radius 1 is 1.10 bits per heavy atom. The number of aromatic nitrogens is 1. The number of anilines is 2. The largest absolute Gasteiger partial charge is 0.371 e. The van der Waals surface area contributed by atoms with Crippen LogP contribution in [0.5, 0.6) is 0 Å². The molecule has 2 heterocycles. The van der Waals surface area contributed by atoms with Crippen LogP contribution >= 0.6 is 34.5 Å². The van der Waals surface area contributed by atoms with Crippen LogP contribution in [-0.2, 0) is 4.79 Å². The van der Waals surface area contributed by atoms with Crippen LogP contribution in [0.3, 0.4) is 0 Å². The highest BCUT2D eigenvalue weighted by molar-refractivity contribution is 7.14. The van der Waals surface area contributed by atoms with E-state index in [0.717, 1.165) is 49.2 Å². The Kier molecular flexibility index (Phi) is 6.37. The summed E-state index contributed by atoms with van der Waals surface area (Å²) in [7, 11) is 0. The molecule has 0 atom stereocenters. The Balaban J connectivity index is 1.34. The second-order valence-electron chi connectivity index (χ2n) is 7.13. The quantitative estimate of drug-likeness (QED) is 0.490. The van der Waals surface area contributed by atoms with Gasteiger partial charge in [0.15, 0.2) is 5.13 Å². The molecular formula is C22H19Cl2N3O2S. The van der Waals surface area contributed by atoms with E-state index < -0.39 is 0 Å². The fraction of sp³-hybridized carbons (Fsp3) is 0.227. The number of nitrogens with one attached hydrogen (secondary N) is 1. The summed E-state index contributed by atoms with van der Waals surface area (Å²) in [5.74, 6) is -0.0474. The first-order valence-corrected chi connectivity index (χ1v) is 11.2. The summed E-state index contributed by atoms with van der Waals surface area (Å²) in [6.07, 6.45) is 2.38. The van der Waals surface area contributed by atoms with Gasteiger partial charge in [-0.1, -0.05) is 29.3 Å². The Labute approximate surface area is 188 Å². The summed E-state index contributed by atoms with van der Waals surface area (Å²) in [6, 6.07) is 12.9. The first-order chi connectivity index (χ1) is 14.5. The summed E-state index contributed by atoms with van der Waals surface area (Å²) in [5.41, 5.74) is 3.35. The van der Waals surface area contributed by atoms with E-state index in [2.05, 4.69) is 15.2 Å². The van der Waals surface area contributed by atoms with Gasteiger partial charge in [-0.05, 0) is 49.2 Å². The maximum absolute atomic E-state index is 12.7. The number of halogens is 2. The third-order valence-electron chi connectivity index (χ3n) is 5.21. The zero-order chi connectivity index (χ0) is 21.1. The molecule has 0 unspecified atom stereocenters. The summed E-state index contributed by atoms with van der Waals surface area (Å²) >= 11 is 13.4. The minimum Gasteiger partial charge on any atom is -0.371 e. The minimum atomic E-state index is -0.0483. The van der Waals surface area contributed by atoms with E-state index >= 15 is 0 Å². The van der Waals surface area contributed by atoms with Crippen molar-refractivity contribution in [2.24, 2.45) is 5.92 Å². The molecule has 1 aliphatic heterocycles. The lowest BCUT2D eigenvalue weighted by Crippen LogP contribution is -2.38. The number of amides is 1. The van der Waals surface area contributed by atoms with Gasteiger partial charge in [0.25, 0.3) is 0 Å². The Morgan fingerprint density at radius 2 is 1.83 bits per heavy atom. The summed E-state index contributed by atoms with van der Waals surface area (Å²) in [4.78, 5) is 30.2. The number of hydrogen-bond donors (Lipinski definition) is 1. The zero-order valence-corrected chi connectivity index (χ0v) is 18.3. The molecule has 1 fully saturated rings. The van der Waals surface area contributed by atoms with Crippen LogP contribution in [0, 0.1) is 5.92 Å². The number of hydrogen-bond acceptors (Lipinski definition) is 5. The fourth-order valence-electron chi connectivity index (χ4n) is 3.49. The number of benzene rings is 2. The van der Waals surface area contributed by atoms with E-state index in [9.17, 15) is 9.59 Å². The minimum absolute atomic E-state index is 0.000918. The molecule has 2 aromatic carbocycles. The topological polar surface area (TPSA) is 62.3 Å². The van der Waals surface area contributed by atoms with Crippen LogP contribution in [0.2, 0.25) is 10.0 Å². The van der Waals surface area contributed by atoms with Crippen LogP contribution in [0.1, 0.15) is 23.2 Å². The lowest BCUT2D eigenvalue weighted by molar-refractivity contribution is -0.120. The molecule has 4 rings (SSSR count). The molecule has 1 aromatic heterocycles. The molecule has 8 heteroatoms. The highest BCUT2D eigenvalue weighted by Crippen LogP contribution is 2.31. The third-order valence-corrected chi connectivity index (χ3v) is 6.71. The van der Waals surface area contributed by atoms with E-state index in [1.165, 1.54) is 11.3 Å². The number of nitrogens with zero attached hydrogens (tertiary/aromatic N) is 2. The molecule has 3 aromatic rings. The highest BCUT2D eigenvalue weighted by atomic mass is 35.5. The summed E-state index contributed by atoms with van der Waals surface area (Å²) in [6.45, 7) is 1.59. The van der Waals surface area contributed by atoms with Crippen molar-refractivity contribution in [3.63, 3.8) is 0 Å². The van der Waals surface area contributed by atoms with Crippen molar-refractivity contribution in [1.29, 1.82) is 0 Å². The monoisotopic (exact) mass is 459 g/mol. The van der Waals surface area contributed by atoms with Crippen LogP contribution in [0.15, 0.2) is 47.8 Å². The fourth-order valence-corrected chi connectivity index (χ4v) is 4.51. The maximum Gasteiger partial charge on any atom is 0.229 e. The first kappa shape index (κ1) is 20.8. The van der Waals surface area contributed by atoms with E-state index in [1.54, 1.807) is 12.1 Å². The van der Waals surface area contributed by atoms with Crippen LogP contribution in [0.25, 0.3) is 11.3 Å². The molecule has 0 spiro atoms. The van der Waals surface area contributed by atoms with Crippen molar-refractivity contribution in [3.8, 4) is 11.3 Å². The lowest BCUT2D eigenvalue weighted by atomic mass is 9.95. The number of piperidine rings is 1. The first-order valence-electron chi connectivity index (χ1n) is 9.55. The second-order valence-corrected chi connectivity index (χ2v) is 8.80. The van der Waals surface area contributed by atoms with E-state index in [-0.39, 0.29) is 11.8 Å². The zero-order valence-electron chi connectivity index (χ0n) is 16.0. The molecule has 1 aliphatic rings. The number of carbonyl (C=O) groups is 2. The van der Waals surface area contributed by atoms with Gasteiger partial charge in [-0.2, -0.15) is 0 Å². The van der Waals surface area contributed by atoms with Gasteiger partial charge in [-0.3, -0.25) is 9.59 Å². The van der Waals surface area contributed by atoms with Gasteiger partial charge in [0.1, 0.15) is 6.29 Å². The molecule has 1 amide bonds. The van der Waals surface area contributed by atoms with Crippen LogP contribution in [-0.4, -0.2) is 30.3 Å². The molecule has 5 nitrogen and oxygen atoms in total. The standard InChI is InChI=1S/C22H19Cl2N3O2S/c23-18-6-3-16(11-19(18)24)20-13-30-22(25-20)26-21(29)15-7-9-27(10-8-15)17-4-1-14(12-28)2-5-17/h1-6,11-13,15H,7-10H2,(H,25,26,29). The highest BCUT2D eigenvalue weighted by Gasteiger charge is 2.26. The number of thiazole rings is 1. The van der Waals surface area contributed by atoms with Gasteiger partial charge in [0.05, 0.1) is 15.7 Å². The molecule has 1 saturated heterocycles. The van der Waals surface area contributed by atoms with Gasteiger partial charge in [-0.25, -0.2) is 4.98 Å². The number of carbonyl (C=O) groups excluding carboxylic acids is 2. The molecule has 30 heavy (non-hydrogen) atoms. The lowest BCUT2D eigenvalue weighted by Gasteiger charge is -2.32. The average Bonchev–Trinajstić information content (AvgIpc) is 3.24. The van der Waals surface area contributed by atoms with Gasteiger partial charge >= 0.3 is 0 Å². The van der Waals surface area contributed by atoms with Crippen molar-refractivity contribution < 1.29 is 9.59 Å². The SMILES string of the molecule is O=Cc1ccc(N2CCC(C(=O)Nc3nc(-c4ccc(Cl)c(Cl)c4)cs3)CC2)cc1. The van der Waals surface area contributed by atoms with Crippen molar-refractivity contribution >= 4 is 57.6 Å². The molecule has 0 bridgehead atoms. The van der Waals surface area contributed by atoms with E-state index in [4.69, 9.17) is 23.2 Å². The molecule has 154 valence electrons. The van der Waals surface area contributed by atoms with E-state index in [0.29, 0.717) is 20.7 Å². The molecule has 0 radical (unpaired) electrons.